The molecule has 2 aromatic carbocycles. The minimum atomic E-state index is -0.106. The maximum atomic E-state index is 9.64. The second-order valence-corrected chi connectivity index (χ2v) is 3.47. The van der Waals surface area contributed by atoms with Crippen molar-refractivity contribution in [2.75, 3.05) is 0 Å². The van der Waals surface area contributed by atoms with Crippen molar-refractivity contribution in [2.45, 2.75) is 0 Å². The molecule has 3 heteroatoms. The van der Waals surface area contributed by atoms with Crippen LogP contribution in [0.3, 0.4) is 0 Å². The van der Waals surface area contributed by atoms with Gasteiger partial charge in [-0.1, -0.05) is 30.3 Å². The Balaban J connectivity index is 2.81. The van der Waals surface area contributed by atoms with Crippen molar-refractivity contribution in [3.8, 4) is 29.0 Å². The molecular weight excluding hydrogens is 212 g/mol. The van der Waals surface area contributed by atoms with E-state index < -0.39 is 0 Å². The maximum absolute atomic E-state index is 9.64. The van der Waals surface area contributed by atoms with E-state index in [4.69, 9.17) is 10.5 Å². The van der Waals surface area contributed by atoms with Gasteiger partial charge in [0.05, 0.1) is 11.6 Å². The van der Waals surface area contributed by atoms with Crippen LogP contribution in [0.25, 0.3) is 11.1 Å². The molecule has 0 atom stereocenters. The molecule has 0 saturated heterocycles. The molecule has 80 valence electrons. The van der Waals surface area contributed by atoms with E-state index in [0.717, 1.165) is 5.56 Å². The first-order valence-corrected chi connectivity index (χ1v) is 4.99. The Morgan fingerprint density at radius 2 is 1.59 bits per heavy atom. The summed E-state index contributed by atoms with van der Waals surface area (Å²) in [5.41, 5.74) is 1.74. The number of hydrogen-bond donors (Lipinski definition) is 1. The predicted octanol–water partition coefficient (Wildman–Crippen LogP) is 2.80. The van der Waals surface area contributed by atoms with Gasteiger partial charge < -0.3 is 5.11 Å². The molecule has 1 N–H and O–H groups in total. The van der Waals surface area contributed by atoms with Gasteiger partial charge in [0, 0.05) is 5.56 Å². The van der Waals surface area contributed by atoms with Crippen LogP contribution in [0.15, 0.2) is 42.5 Å². The molecule has 0 fully saturated rings. The maximum Gasteiger partial charge on any atom is 0.134 e. The Morgan fingerprint density at radius 1 is 0.882 bits per heavy atom. The summed E-state index contributed by atoms with van der Waals surface area (Å²) in [7, 11) is 0. The molecule has 0 aromatic heterocycles. The highest BCUT2D eigenvalue weighted by Gasteiger charge is 2.14. The zero-order valence-corrected chi connectivity index (χ0v) is 8.88. The van der Waals surface area contributed by atoms with Gasteiger partial charge in [0.15, 0.2) is 0 Å². The summed E-state index contributed by atoms with van der Waals surface area (Å²) >= 11 is 0. The fourth-order valence-corrected chi connectivity index (χ4v) is 1.70. The van der Waals surface area contributed by atoms with Crippen LogP contribution < -0.4 is 0 Å². The van der Waals surface area contributed by atoms with Crippen molar-refractivity contribution in [2.24, 2.45) is 0 Å². The number of phenols is 1. The molecule has 0 bridgehead atoms. The van der Waals surface area contributed by atoms with Crippen LogP contribution in [-0.4, -0.2) is 5.11 Å². The third kappa shape index (κ3) is 1.82. The summed E-state index contributed by atoms with van der Waals surface area (Å²) in [5.74, 6) is -0.106. The van der Waals surface area contributed by atoms with Crippen molar-refractivity contribution >= 4 is 0 Å². The van der Waals surface area contributed by atoms with Gasteiger partial charge in [-0.15, -0.1) is 0 Å². The standard InChI is InChI=1S/C14H8N2O/c15-8-11-6-7-13(17)12(9-16)14(11)10-4-2-1-3-5-10/h1-7,17H. The highest BCUT2D eigenvalue weighted by Crippen LogP contribution is 2.32. The van der Waals surface area contributed by atoms with Crippen molar-refractivity contribution in [1.82, 2.24) is 0 Å². The van der Waals surface area contributed by atoms with E-state index in [1.165, 1.54) is 12.1 Å². The number of benzene rings is 2. The smallest absolute Gasteiger partial charge is 0.134 e. The first-order valence-electron chi connectivity index (χ1n) is 4.99. The molecule has 0 saturated carbocycles. The van der Waals surface area contributed by atoms with E-state index in [1.807, 2.05) is 30.3 Å². The van der Waals surface area contributed by atoms with Gasteiger partial charge in [-0.05, 0) is 17.7 Å². The van der Waals surface area contributed by atoms with Gasteiger partial charge in [0.25, 0.3) is 0 Å². The van der Waals surface area contributed by atoms with E-state index in [-0.39, 0.29) is 11.3 Å². The Bertz CT molecular complexity index is 634. The summed E-state index contributed by atoms with van der Waals surface area (Å²) in [6.07, 6.45) is 0. The molecule has 0 unspecified atom stereocenters. The van der Waals surface area contributed by atoms with Crippen LogP contribution in [0, 0.1) is 22.7 Å². The van der Waals surface area contributed by atoms with Gasteiger partial charge >= 0.3 is 0 Å². The van der Waals surface area contributed by atoms with Crippen LogP contribution >= 0.6 is 0 Å². The largest absolute Gasteiger partial charge is 0.507 e. The number of aromatic hydroxyl groups is 1. The number of rotatable bonds is 1. The Morgan fingerprint density at radius 3 is 2.18 bits per heavy atom. The lowest BCUT2D eigenvalue weighted by atomic mass is 9.95. The van der Waals surface area contributed by atoms with E-state index in [0.29, 0.717) is 11.1 Å². The van der Waals surface area contributed by atoms with Gasteiger partial charge in [-0.3, -0.25) is 0 Å². The molecule has 0 aliphatic rings. The number of phenolic OH excluding ortho intramolecular Hbond substituents is 1. The molecule has 2 rings (SSSR count). The zero-order valence-electron chi connectivity index (χ0n) is 8.88. The Hall–Kier alpha value is -2.78. The molecule has 0 heterocycles. The molecule has 0 amide bonds. The van der Waals surface area contributed by atoms with E-state index in [9.17, 15) is 5.11 Å². The van der Waals surface area contributed by atoms with Crippen LogP contribution in [0.5, 0.6) is 5.75 Å². The van der Waals surface area contributed by atoms with E-state index in [1.54, 1.807) is 12.1 Å². The third-order valence-corrected chi connectivity index (χ3v) is 2.48. The second kappa shape index (κ2) is 4.38. The topological polar surface area (TPSA) is 67.8 Å². The van der Waals surface area contributed by atoms with Crippen molar-refractivity contribution in [3.63, 3.8) is 0 Å². The predicted molar refractivity (Wildman–Crippen MR) is 63.0 cm³/mol. The SMILES string of the molecule is N#Cc1ccc(O)c(C#N)c1-c1ccccc1. The minimum absolute atomic E-state index is 0.106. The summed E-state index contributed by atoms with van der Waals surface area (Å²) in [5, 5.41) is 27.8. The summed E-state index contributed by atoms with van der Waals surface area (Å²) in [4.78, 5) is 0. The molecule has 0 spiro atoms. The quantitative estimate of drug-likeness (QED) is 0.803. The molecule has 0 radical (unpaired) electrons. The van der Waals surface area contributed by atoms with Gasteiger partial charge in [0.2, 0.25) is 0 Å². The van der Waals surface area contributed by atoms with E-state index in [2.05, 4.69) is 0 Å². The minimum Gasteiger partial charge on any atom is -0.507 e. The van der Waals surface area contributed by atoms with Crippen molar-refractivity contribution < 1.29 is 5.11 Å². The lowest BCUT2D eigenvalue weighted by Crippen LogP contribution is -1.90. The van der Waals surface area contributed by atoms with Crippen LogP contribution in [-0.2, 0) is 0 Å². The lowest BCUT2D eigenvalue weighted by molar-refractivity contribution is 0.474. The van der Waals surface area contributed by atoms with Gasteiger partial charge in [-0.25, -0.2) is 0 Å². The average Bonchev–Trinajstić information content (AvgIpc) is 2.39. The molecular formula is C14H8N2O. The Kier molecular flexibility index (Phi) is 2.77. The fraction of sp³-hybridized carbons (Fsp3) is 0. The molecule has 0 aliphatic carbocycles. The molecule has 2 aromatic rings. The number of nitrogens with zero attached hydrogens (tertiary/aromatic N) is 2. The highest BCUT2D eigenvalue weighted by molar-refractivity contribution is 5.79. The average molecular weight is 220 g/mol. The van der Waals surface area contributed by atoms with Crippen LogP contribution in [0.2, 0.25) is 0 Å². The molecule has 17 heavy (non-hydrogen) atoms. The molecule has 0 aliphatic heterocycles. The first-order chi connectivity index (χ1) is 8.27. The van der Waals surface area contributed by atoms with Gasteiger partial charge in [0.1, 0.15) is 17.4 Å². The van der Waals surface area contributed by atoms with Crippen molar-refractivity contribution in [3.05, 3.63) is 53.6 Å². The number of nitriles is 2. The summed E-state index contributed by atoms with van der Waals surface area (Å²) in [6.45, 7) is 0. The summed E-state index contributed by atoms with van der Waals surface area (Å²) < 4.78 is 0. The monoisotopic (exact) mass is 220 g/mol. The fourth-order valence-electron chi connectivity index (χ4n) is 1.70. The first kappa shape index (κ1) is 10.7. The Labute approximate surface area is 98.8 Å². The lowest BCUT2D eigenvalue weighted by Gasteiger charge is -2.07. The summed E-state index contributed by atoms with van der Waals surface area (Å²) in [6, 6.07) is 15.9. The number of hydrogen-bond acceptors (Lipinski definition) is 3. The normalized spacial score (nSPS) is 9.29. The van der Waals surface area contributed by atoms with Crippen LogP contribution in [0.4, 0.5) is 0 Å². The molecule has 3 nitrogen and oxygen atoms in total. The van der Waals surface area contributed by atoms with Crippen molar-refractivity contribution in [1.29, 1.82) is 10.5 Å². The van der Waals surface area contributed by atoms with E-state index >= 15 is 0 Å². The third-order valence-electron chi connectivity index (χ3n) is 2.48. The van der Waals surface area contributed by atoms with Crippen LogP contribution in [0.1, 0.15) is 11.1 Å². The second-order valence-electron chi connectivity index (χ2n) is 3.47. The van der Waals surface area contributed by atoms with Gasteiger partial charge in [-0.2, -0.15) is 10.5 Å². The zero-order chi connectivity index (χ0) is 12.3. The highest BCUT2D eigenvalue weighted by atomic mass is 16.3.